The third-order valence-electron chi connectivity index (χ3n) is 0.689. The minimum Gasteiger partial charge on any atom is -0.309 e. The van der Waals surface area contributed by atoms with Gasteiger partial charge in [0.25, 0.3) is 0 Å². The zero-order valence-electron chi connectivity index (χ0n) is 4.45. The van der Waals surface area contributed by atoms with Crippen LogP contribution in [0, 0.1) is 16.7 Å². The molecule has 0 atom stereocenters. The van der Waals surface area contributed by atoms with Crippen molar-refractivity contribution < 1.29 is 4.39 Å². The van der Waals surface area contributed by atoms with Gasteiger partial charge in [0.2, 0.25) is 0 Å². The van der Waals surface area contributed by atoms with Gasteiger partial charge >= 0.3 is 0 Å². The van der Waals surface area contributed by atoms with E-state index in [1.807, 2.05) is 0 Å². The van der Waals surface area contributed by atoms with Gasteiger partial charge in [-0.15, -0.1) is 0 Å². The molecule has 0 aliphatic rings. The van der Waals surface area contributed by atoms with E-state index in [9.17, 15) is 4.39 Å². The van der Waals surface area contributed by atoms with Crippen molar-refractivity contribution in [3.05, 3.63) is 0 Å². The fourth-order valence-electron chi connectivity index (χ4n) is 0.298. The molecule has 0 aliphatic heterocycles. The van der Waals surface area contributed by atoms with Gasteiger partial charge in [0.15, 0.2) is 0 Å². The smallest absolute Gasteiger partial charge is 0.0946 e. The Morgan fingerprint density at radius 3 is 2.75 bits per heavy atom. The minimum atomic E-state index is -0.527. The summed E-state index contributed by atoms with van der Waals surface area (Å²) in [4.78, 5) is 0. The van der Waals surface area contributed by atoms with Gasteiger partial charge in [-0.1, -0.05) is 0 Å². The van der Waals surface area contributed by atoms with Crippen LogP contribution in [-0.4, -0.2) is 12.4 Å². The lowest BCUT2D eigenvalue weighted by molar-refractivity contribution is 0.507. The molecule has 0 fully saturated rings. The number of hydrogen-bond donors (Lipinski definition) is 1. The second kappa shape index (κ2) is 4.25. The van der Waals surface area contributed by atoms with Gasteiger partial charge in [0.1, 0.15) is 0 Å². The van der Waals surface area contributed by atoms with Crippen LogP contribution in [0.4, 0.5) is 4.39 Å². The Hall–Kier alpha value is -0.910. The Kier molecular flexibility index (Phi) is 3.77. The molecule has 3 heteroatoms. The Morgan fingerprint density at radius 2 is 2.38 bits per heavy atom. The summed E-state index contributed by atoms with van der Waals surface area (Å²) in [5, 5.41) is 14.8. The lowest BCUT2D eigenvalue weighted by Gasteiger charge is -1.88. The maximum atomic E-state index is 11.3. The molecule has 0 aliphatic carbocycles. The Balaban J connectivity index is 3.23. The van der Waals surface area contributed by atoms with Crippen LogP contribution >= 0.6 is 0 Å². The molecule has 8 heavy (non-hydrogen) atoms. The summed E-state index contributed by atoms with van der Waals surface area (Å²) in [6, 6.07) is 1.76. The monoisotopic (exact) mass is 114 g/mol. The van der Waals surface area contributed by atoms with Crippen LogP contribution in [0.2, 0.25) is 0 Å². The van der Waals surface area contributed by atoms with E-state index in [1.165, 1.54) is 0 Å². The average Bonchev–Trinajstić information content (AvgIpc) is 1.68. The van der Waals surface area contributed by atoms with Crippen molar-refractivity contribution in [2.24, 2.45) is 0 Å². The molecule has 0 aromatic rings. The van der Waals surface area contributed by atoms with E-state index >= 15 is 0 Å². The summed E-state index contributed by atoms with van der Waals surface area (Å²) < 4.78 is 11.3. The first-order valence-corrected chi connectivity index (χ1v) is 2.30. The first kappa shape index (κ1) is 7.09. The predicted molar refractivity (Wildman–Crippen MR) is 28.5 cm³/mol. The Bertz CT molecular complexity index is 114. The van der Waals surface area contributed by atoms with Crippen LogP contribution in [-0.2, 0) is 0 Å². The maximum Gasteiger partial charge on any atom is 0.0946 e. The summed E-state index contributed by atoms with van der Waals surface area (Å²) >= 11 is 0. The van der Waals surface area contributed by atoms with Crippen LogP contribution in [0.15, 0.2) is 0 Å². The second-order valence-corrected chi connectivity index (χ2v) is 1.38. The van der Waals surface area contributed by atoms with Gasteiger partial charge in [-0.25, -0.2) is 0 Å². The highest BCUT2D eigenvalue weighted by atomic mass is 19.1. The summed E-state index contributed by atoms with van der Waals surface area (Å²) in [5.74, 6) is 0. The summed E-state index contributed by atoms with van der Waals surface area (Å²) in [7, 11) is 0. The summed E-state index contributed by atoms with van der Waals surface area (Å²) in [6.45, 7) is -0.527. The third-order valence-corrected chi connectivity index (χ3v) is 0.689. The Morgan fingerprint density at radius 1 is 1.75 bits per heavy atom. The van der Waals surface area contributed by atoms with E-state index in [-0.39, 0.29) is 18.6 Å². The molecule has 0 aromatic heterocycles. The molecule has 0 heterocycles. The average molecular weight is 114 g/mol. The molecule has 2 nitrogen and oxygen atoms in total. The highest BCUT2D eigenvalue weighted by Gasteiger charge is 1.92. The molecular weight excluding hydrogens is 107 g/mol. The zero-order valence-corrected chi connectivity index (χ0v) is 4.45. The SMILES string of the molecule is N#CCC(=N)CCF. The van der Waals surface area contributed by atoms with Gasteiger partial charge in [-0.05, 0) is 0 Å². The highest BCUT2D eigenvalue weighted by molar-refractivity contribution is 5.83. The van der Waals surface area contributed by atoms with Gasteiger partial charge in [0, 0.05) is 12.1 Å². The fourth-order valence-corrected chi connectivity index (χ4v) is 0.298. The van der Waals surface area contributed by atoms with Gasteiger partial charge in [-0.3, -0.25) is 4.39 Å². The molecule has 0 saturated carbocycles. The molecule has 0 amide bonds. The molecule has 44 valence electrons. The molecule has 0 spiro atoms. The summed E-state index contributed by atoms with van der Waals surface area (Å²) in [5.41, 5.74) is 0.176. The molecule has 0 aromatic carbocycles. The van der Waals surface area contributed by atoms with Crippen LogP contribution < -0.4 is 0 Å². The molecule has 0 rings (SSSR count). The van der Waals surface area contributed by atoms with E-state index in [0.717, 1.165) is 0 Å². The molecule has 1 N–H and O–H groups in total. The van der Waals surface area contributed by atoms with E-state index in [0.29, 0.717) is 0 Å². The van der Waals surface area contributed by atoms with Gasteiger partial charge < -0.3 is 5.41 Å². The topological polar surface area (TPSA) is 47.6 Å². The van der Waals surface area contributed by atoms with Crippen molar-refractivity contribution in [3.8, 4) is 6.07 Å². The van der Waals surface area contributed by atoms with Crippen molar-refractivity contribution in [2.45, 2.75) is 12.8 Å². The van der Waals surface area contributed by atoms with Crippen molar-refractivity contribution in [1.29, 1.82) is 10.7 Å². The molecular formula is C5H7FN2. The van der Waals surface area contributed by atoms with Crippen molar-refractivity contribution in [1.82, 2.24) is 0 Å². The lowest BCUT2D eigenvalue weighted by atomic mass is 10.2. The number of nitrogens with one attached hydrogen (secondary N) is 1. The van der Waals surface area contributed by atoms with Gasteiger partial charge in [-0.2, -0.15) is 5.26 Å². The fraction of sp³-hybridized carbons (Fsp3) is 0.600. The number of hydrogen-bond acceptors (Lipinski definition) is 2. The second-order valence-electron chi connectivity index (χ2n) is 1.38. The predicted octanol–water partition coefficient (Wildman–Crippen LogP) is 1.28. The quantitative estimate of drug-likeness (QED) is 0.552. The van der Waals surface area contributed by atoms with E-state index in [1.54, 1.807) is 6.07 Å². The Labute approximate surface area is 47.4 Å². The number of halogens is 1. The first-order chi connectivity index (χ1) is 3.81. The number of alkyl halides is 1. The van der Waals surface area contributed by atoms with Crippen molar-refractivity contribution in [2.75, 3.05) is 6.67 Å². The van der Waals surface area contributed by atoms with E-state index in [2.05, 4.69) is 0 Å². The number of nitriles is 1. The first-order valence-electron chi connectivity index (χ1n) is 2.30. The lowest BCUT2D eigenvalue weighted by Crippen LogP contribution is -1.94. The van der Waals surface area contributed by atoms with Crippen LogP contribution in [0.5, 0.6) is 0 Å². The van der Waals surface area contributed by atoms with Gasteiger partial charge in [0.05, 0.1) is 19.2 Å². The largest absolute Gasteiger partial charge is 0.309 e. The normalized spacial score (nSPS) is 8.00. The van der Waals surface area contributed by atoms with Crippen LogP contribution in [0.1, 0.15) is 12.8 Å². The highest BCUT2D eigenvalue weighted by Crippen LogP contribution is 1.88. The van der Waals surface area contributed by atoms with Crippen LogP contribution in [0.25, 0.3) is 0 Å². The number of rotatable bonds is 3. The van der Waals surface area contributed by atoms with Crippen molar-refractivity contribution >= 4 is 5.71 Å². The summed E-state index contributed by atoms with van der Waals surface area (Å²) in [6.07, 6.45) is 0.164. The molecule has 0 bridgehead atoms. The standard InChI is InChI=1S/C5H7FN2/c6-3-1-5(8)2-4-7/h8H,1-3H2. The molecule has 0 radical (unpaired) electrons. The van der Waals surface area contributed by atoms with Crippen LogP contribution in [0.3, 0.4) is 0 Å². The maximum absolute atomic E-state index is 11.3. The van der Waals surface area contributed by atoms with E-state index in [4.69, 9.17) is 10.7 Å². The minimum absolute atomic E-state index is 0.0594. The van der Waals surface area contributed by atoms with Crippen molar-refractivity contribution in [3.63, 3.8) is 0 Å². The third kappa shape index (κ3) is 3.29. The number of nitrogens with zero attached hydrogens (tertiary/aromatic N) is 1. The molecule has 0 saturated heterocycles. The van der Waals surface area contributed by atoms with E-state index < -0.39 is 6.67 Å². The molecule has 0 unspecified atom stereocenters. The zero-order chi connectivity index (χ0) is 6.41.